The van der Waals surface area contributed by atoms with Gasteiger partial charge in [0.25, 0.3) is 0 Å². The first-order valence-corrected chi connectivity index (χ1v) is 6.06. The largest absolute Gasteiger partial charge is 0.319 e. The van der Waals surface area contributed by atoms with Crippen LogP contribution in [0.4, 0.5) is 0 Å². The zero-order valence-corrected chi connectivity index (χ0v) is 11.0. The van der Waals surface area contributed by atoms with Gasteiger partial charge in [0.15, 0.2) is 0 Å². The maximum absolute atomic E-state index is 3.49. The van der Waals surface area contributed by atoms with E-state index in [9.17, 15) is 0 Å². The summed E-state index contributed by atoms with van der Waals surface area (Å²) in [5.41, 5.74) is 2.80. The molecule has 0 saturated carbocycles. The zero-order valence-electron chi connectivity index (χ0n) is 9.39. The molecule has 1 aromatic carbocycles. The molecule has 0 fully saturated rings. The van der Waals surface area contributed by atoms with Gasteiger partial charge in [-0.05, 0) is 51.1 Å². The van der Waals surface area contributed by atoms with Crippen molar-refractivity contribution >= 4 is 15.9 Å². The Bertz CT molecular complexity index is 331. The molecule has 2 heteroatoms. The maximum Gasteiger partial charge on any atom is 0.0178 e. The van der Waals surface area contributed by atoms with Crippen molar-refractivity contribution in [2.45, 2.75) is 19.8 Å². The third-order valence-corrected chi connectivity index (χ3v) is 2.75. The molecule has 0 aliphatic carbocycles. The van der Waals surface area contributed by atoms with Gasteiger partial charge >= 0.3 is 0 Å². The number of benzene rings is 1. The van der Waals surface area contributed by atoms with Gasteiger partial charge in [0.1, 0.15) is 0 Å². The summed E-state index contributed by atoms with van der Waals surface area (Å²) in [6.07, 6.45) is 4.46. The highest BCUT2D eigenvalue weighted by atomic mass is 79.9. The molecule has 0 amide bonds. The van der Waals surface area contributed by atoms with E-state index < -0.39 is 0 Å². The lowest BCUT2D eigenvalue weighted by molar-refractivity contribution is 0.803. The Morgan fingerprint density at radius 3 is 2.93 bits per heavy atom. The summed E-state index contributed by atoms with van der Waals surface area (Å²) >= 11 is 3.49. The summed E-state index contributed by atoms with van der Waals surface area (Å²) < 4.78 is 1.16. The molecule has 0 heterocycles. The van der Waals surface area contributed by atoms with Crippen molar-refractivity contribution in [1.82, 2.24) is 5.32 Å². The van der Waals surface area contributed by atoms with E-state index in [2.05, 4.69) is 58.5 Å². The van der Waals surface area contributed by atoms with Crippen LogP contribution in [0, 0.1) is 0 Å². The lowest BCUT2D eigenvalue weighted by atomic mass is 10.1. The van der Waals surface area contributed by atoms with Crippen molar-refractivity contribution in [1.29, 1.82) is 0 Å². The molecule has 0 aromatic heterocycles. The van der Waals surface area contributed by atoms with Crippen LogP contribution in [-0.4, -0.2) is 13.6 Å². The minimum absolute atomic E-state index is 1.04. The van der Waals surface area contributed by atoms with Crippen molar-refractivity contribution in [2.75, 3.05) is 13.6 Å². The maximum atomic E-state index is 3.49. The zero-order chi connectivity index (χ0) is 11.1. The van der Waals surface area contributed by atoms with Crippen LogP contribution in [0.1, 0.15) is 18.9 Å². The Balaban J connectivity index is 2.50. The van der Waals surface area contributed by atoms with E-state index >= 15 is 0 Å². The molecule has 0 radical (unpaired) electrons. The van der Waals surface area contributed by atoms with Crippen molar-refractivity contribution in [3.63, 3.8) is 0 Å². The summed E-state index contributed by atoms with van der Waals surface area (Å²) in [4.78, 5) is 0. The molecule has 0 saturated heterocycles. The lowest BCUT2D eigenvalue weighted by Crippen LogP contribution is -2.06. The van der Waals surface area contributed by atoms with E-state index in [1.807, 2.05) is 7.05 Å². The Morgan fingerprint density at radius 1 is 1.47 bits per heavy atom. The van der Waals surface area contributed by atoms with Gasteiger partial charge in [-0.15, -0.1) is 0 Å². The van der Waals surface area contributed by atoms with Crippen LogP contribution in [0.3, 0.4) is 0 Å². The molecule has 15 heavy (non-hydrogen) atoms. The molecule has 0 atom stereocenters. The smallest absolute Gasteiger partial charge is 0.0178 e. The number of hydrogen-bond donors (Lipinski definition) is 1. The summed E-state index contributed by atoms with van der Waals surface area (Å²) in [7, 11) is 1.98. The molecule has 0 bridgehead atoms. The number of allylic oxidation sites excluding steroid dienone is 1. The van der Waals surface area contributed by atoms with Gasteiger partial charge in [-0.3, -0.25) is 0 Å². The van der Waals surface area contributed by atoms with Gasteiger partial charge < -0.3 is 5.32 Å². The molecule has 1 rings (SSSR count). The Labute approximate surface area is 101 Å². The van der Waals surface area contributed by atoms with E-state index in [0.717, 1.165) is 23.9 Å². The van der Waals surface area contributed by atoms with Crippen molar-refractivity contribution < 1.29 is 0 Å². The highest BCUT2D eigenvalue weighted by Crippen LogP contribution is 2.14. The van der Waals surface area contributed by atoms with Gasteiger partial charge in [0.2, 0.25) is 0 Å². The van der Waals surface area contributed by atoms with Crippen LogP contribution in [0.2, 0.25) is 0 Å². The molecule has 0 aliphatic rings. The molecular formula is C13H18BrN. The monoisotopic (exact) mass is 267 g/mol. The normalized spacial score (nSPS) is 11.8. The third kappa shape index (κ3) is 5.14. The van der Waals surface area contributed by atoms with Gasteiger partial charge in [0.05, 0.1) is 0 Å². The highest BCUT2D eigenvalue weighted by Gasteiger charge is 1.95. The predicted octanol–water partition coefficient (Wildman–Crippen LogP) is 3.55. The summed E-state index contributed by atoms with van der Waals surface area (Å²) in [5.74, 6) is 0. The number of halogens is 1. The molecule has 1 aromatic rings. The van der Waals surface area contributed by atoms with Crippen LogP contribution < -0.4 is 5.32 Å². The van der Waals surface area contributed by atoms with Crippen LogP contribution in [0.25, 0.3) is 0 Å². The van der Waals surface area contributed by atoms with E-state index in [0.29, 0.717) is 0 Å². The average molecular weight is 268 g/mol. The molecule has 0 aliphatic heterocycles. The average Bonchev–Trinajstić information content (AvgIpc) is 2.18. The van der Waals surface area contributed by atoms with E-state index in [1.165, 1.54) is 11.1 Å². The second-order valence-electron chi connectivity index (χ2n) is 3.75. The topological polar surface area (TPSA) is 12.0 Å². The summed E-state index contributed by atoms with van der Waals surface area (Å²) in [6, 6.07) is 8.49. The Morgan fingerprint density at radius 2 is 2.27 bits per heavy atom. The first-order valence-electron chi connectivity index (χ1n) is 5.27. The van der Waals surface area contributed by atoms with Gasteiger partial charge in [-0.2, -0.15) is 0 Å². The van der Waals surface area contributed by atoms with E-state index in [-0.39, 0.29) is 0 Å². The fourth-order valence-corrected chi connectivity index (χ4v) is 1.95. The third-order valence-electron chi connectivity index (χ3n) is 2.26. The Kier molecular flexibility index (Phi) is 5.66. The minimum atomic E-state index is 1.04. The summed E-state index contributed by atoms with van der Waals surface area (Å²) in [6.45, 7) is 3.24. The van der Waals surface area contributed by atoms with Crippen LogP contribution >= 0.6 is 15.9 Å². The second kappa shape index (κ2) is 6.81. The first kappa shape index (κ1) is 12.5. The van der Waals surface area contributed by atoms with E-state index in [1.54, 1.807) is 0 Å². The van der Waals surface area contributed by atoms with Crippen LogP contribution in [-0.2, 0) is 6.42 Å². The van der Waals surface area contributed by atoms with Gasteiger partial charge in [0, 0.05) is 4.47 Å². The van der Waals surface area contributed by atoms with E-state index in [4.69, 9.17) is 0 Å². The van der Waals surface area contributed by atoms with Gasteiger partial charge in [-0.25, -0.2) is 0 Å². The fraction of sp³-hybridized carbons (Fsp3) is 0.385. The second-order valence-corrected chi connectivity index (χ2v) is 4.67. The SMILES string of the molecule is CNCCC=C(C)Cc1cccc(Br)c1. The predicted molar refractivity (Wildman–Crippen MR) is 70.1 cm³/mol. The first-order chi connectivity index (χ1) is 7.22. The van der Waals surface area contributed by atoms with Crippen molar-refractivity contribution in [2.24, 2.45) is 0 Å². The molecule has 1 N–H and O–H groups in total. The van der Waals surface area contributed by atoms with Crippen LogP contribution in [0.5, 0.6) is 0 Å². The van der Waals surface area contributed by atoms with Crippen LogP contribution in [0.15, 0.2) is 40.4 Å². The standard InChI is InChI=1S/C13H18BrN/c1-11(5-4-8-15-2)9-12-6-3-7-13(14)10-12/h3,5-7,10,15H,4,8-9H2,1-2H3. The molecule has 1 nitrogen and oxygen atoms in total. The van der Waals surface area contributed by atoms with Gasteiger partial charge in [-0.1, -0.05) is 39.7 Å². The lowest BCUT2D eigenvalue weighted by Gasteiger charge is -2.03. The molecule has 0 unspecified atom stereocenters. The number of hydrogen-bond acceptors (Lipinski definition) is 1. The summed E-state index contributed by atoms with van der Waals surface area (Å²) in [5, 5.41) is 3.14. The van der Waals surface area contributed by atoms with Crippen molar-refractivity contribution in [3.8, 4) is 0 Å². The Hall–Kier alpha value is -0.600. The molecule has 82 valence electrons. The molecular weight excluding hydrogens is 250 g/mol. The quantitative estimate of drug-likeness (QED) is 0.636. The minimum Gasteiger partial charge on any atom is -0.319 e. The number of rotatable bonds is 5. The number of nitrogens with one attached hydrogen (secondary N) is 1. The molecule has 0 spiro atoms. The highest BCUT2D eigenvalue weighted by molar-refractivity contribution is 9.10. The van der Waals surface area contributed by atoms with Crippen molar-refractivity contribution in [3.05, 3.63) is 46.0 Å². The fourth-order valence-electron chi connectivity index (χ4n) is 1.50.